The summed E-state index contributed by atoms with van der Waals surface area (Å²) in [4.78, 5) is 14.0. The number of hydrogen-bond donors (Lipinski definition) is 1. The van der Waals surface area contributed by atoms with Crippen molar-refractivity contribution in [3.05, 3.63) is 29.8 Å². The molecule has 1 heterocycles. The number of benzene rings is 1. The molecular formula is C16H23NO5S. The molecule has 1 aliphatic heterocycles. The van der Waals surface area contributed by atoms with E-state index in [2.05, 4.69) is 0 Å². The molecule has 1 aliphatic rings. The molecule has 1 fully saturated rings. The van der Waals surface area contributed by atoms with Crippen molar-refractivity contribution in [2.24, 2.45) is 0 Å². The van der Waals surface area contributed by atoms with Crippen LogP contribution in [-0.2, 0) is 19.4 Å². The van der Waals surface area contributed by atoms with Crippen LogP contribution < -0.4 is 0 Å². The van der Waals surface area contributed by atoms with Gasteiger partial charge in [0, 0.05) is 12.7 Å². The molecule has 1 aromatic rings. The molecule has 0 spiro atoms. The van der Waals surface area contributed by atoms with Crippen LogP contribution in [0, 0.1) is 0 Å². The summed E-state index contributed by atoms with van der Waals surface area (Å²) < 4.78 is 29.1. The van der Waals surface area contributed by atoms with Gasteiger partial charge in [-0.1, -0.05) is 19.1 Å². The molecule has 0 saturated carbocycles. The Bertz CT molecular complexity index is 681. The number of carbonyl (C=O) groups is 1. The van der Waals surface area contributed by atoms with Gasteiger partial charge in [0.05, 0.1) is 17.5 Å². The fourth-order valence-corrected chi connectivity index (χ4v) is 3.64. The summed E-state index contributed by atoms with van der Waals surface area (Å²) in [6.45, 7) is 5.11. The molecular weight excluding hydrogens is 318 g/mol. The standard InChI is InChI=1S/C16H23NO5S/c1-5-14(19)17-13(10-18)15(22-16(17,2)3)11-6-8-12(9-7-11)23(4,20)21/h6-9,13,15,18H,5,10H2,1-4H3/t13-,15-/m1/s1. The molecule has 1 saturated heterocycles. The molecule has 2 atom stereocenters. The number of hydrogen-bond acceptors (Lipinski definition) is 5. The highest BCUT2D eigenvalue weighted by Gasteiger charge is 2.49. The van der Waals surface area contributed by atoms with Gasteiger partial charge >= 0.3 is 0 Å². The van der Waals surface area contributed by atoms with Crippen LogP contribution in [0.2, 0.25) is 0 Å². The third-order valence-electron chi connectivity index (χ3n) is 4.07. The molecule has 2 rings (SSSR count). The maximum Gasteiger partial charge on any atom is 0.224 e. The van der Waals surface area contributed by atoms with Gasteiger partial charge in [-0.05, 0) is 31.5 Å². The van der Waals surface area contributed by atoms with Crippen LogP contribution in [0.15, 0.2) is 29.2 Å². The lowest BCUT2D eigenvalue weighted by Gasteiger charge is -2.32. The van der Waals surface area contributed by atoms with Crippen LogP contribution in [0.1, 0.15) is 38.9 Å². The first kappa shape index (κ1) is 17.9. The second kappa shape index (κ2) is 6.22. The smallest absolute Gasteiger partial charge is 0.224 e. The van der Waals surface area contributed by atoms with Crippen molar-refractivity contribution in [2.75, 3.05) is 12.9 Å². The van der Waals surface area contributed by atoms with Crippen LogP contribution in [0.5, 0.6) is 0 Å². The Balaban J connectivity index is 2.38. The summed E-state index contributed by atoms with van der Waals surface area (Å²) in [5.41, 5.74) is -0.100. The number of rotatable bonds is 4. The predicted molar refractivity (Wildman–Crippen MR) is 85.5 cm³/mol. The van der Waals surface area contributed by atoms with Gasteiger partial charge in [0.15, 0.2) is 9.84 Å². The third-order valence-corrected chi connectivity index (χ3v) is 5.20. The zero-order valence-electron chi connectivity index (χ0n) is 13.8. The number of aliphatic hydroxyl groups is 1. The lowest BCUT2D eigenvalue weighted by Crippen LogP contribution is -2.48. The average molecular weight is 341 g/mol. The minimum atomic E-state index is -3.27. The largest absolute Gasteiger partial charge is 0.394 e. The van der Waals surface area contributed by atoms with Crippen molar-refractivity contribution in [3.8, 4) is 0 Å². The Hall–Kier alpha value is -1.44. The molecule has 1 N–H and O–H groups in total. The number of ether oxygens (including phenoxy) is 1. The quantitative estimate of drug-likeness (QED) is 0.897. The van der Waals surface area contributed by atoms with Gasteiger partial charge in [-0.3, -0.25) is 4.79 Å². The van der Waals surface area contributed by atoms with E-state index in [0.717, 1.165) is 11.8 Å². The first-order valence-electron chi connectivity index (χ1n) is 7.52. The Kier molecular flexibility index (Phi) is 4.84. The lowest BCUT2D eigenvalue weighted by atomic mass is 10.0. The predicted octanol–water partition coefficient (Wildman–Crippen LogP) is 1.50. The summed E-state index contributed by atoms with van der Waals surface area (Å²) >= 11 is 0. The average Bonchev–Trinajstić information content (AvgIpc) is 2.76. The van der Waals surface area contributed by atoms with Gasteiger partial charge < -0.3 is 14.7 Å². The normalized spacial score (nSPS) is 24.0. The zero-order valence-corrected chi connectivity index (χ0v) is 14.6. The van der Waals surface area contributed by atoms with Gasteiger partial charge in [0.25, 0.3) is 0 Å². The zero-order chi connectivity index (χ0) is 17.4. The highest BCUT2D eigenvalue weighted by Crippen LogP contribution is 2.41. The van der Waals surface area contributed by atoms with E-state index in [4.69, 9.17) is 4.74 Å². The second-order valence-electron chi connectivity index (χ2n) is 6.19. The Morgan fingerprint density at radius 2 is 1.87 bits per heavy atom. The Labute approximate surface area is 137 Å². The Morgan fingerprint density at radius 3 is 2.30 bits per heavy atom. The van der Waals surface area contributed by atoms with E-state index in [1.165, 1.54) is 12.1 Å². The van der Waals surface area contributed by atoms with Crippen molar-refractivity contribution >= 4 is 15.7 Å². The minimum absolute atomic E-state index is 0.0932. The van der Waals surface area contributed by atoms with Crippen molar-refractivity contribution in [3.63, 3.8) is 0 Å². The molecule has 7 heteroatoms. The lowest BCUT2D eigenvalue weighted by molar-refractivity contribution is -0.147. The van der Waals surface area contributed by atoms with E-state index in [9.17, 15) is 18.3 Å². The second-order valence-corrected chi connectivity index (χ2v) is 8.21. The summed E-state index contributed by atoms with van der Waals surface area (Å²) in [7, 11) is -3.27. The van der Waals surface area contributed by atoms with Crippen molar-refractivity contribution in [1.29, 1.82) is 0 Å². The molecule has 1 aromatic carbocycles. The van der Waals surface area contributed by atoms with E-state index in [-0.39, 0.29) is 17.4 Å². The van der Waals surface area contributed by atoms with Crippen LogP contribution in [0.25, 0.3) is 0 Å². The fraction of sp³-hybridized carbons (Fsp3) is 0.562. The van der Waals surface area contributed by atoms with Crippen molar-refractivity contribution < 1.29 is 23.1 Å². The van der Waals surface area contributed by atoms with E-state index in [1.807, 2.05) is 0 Å². The molecule has 0 aromatic heterocycles. The molecule has 0 radical (unpaired) electrons. The van der Waals surface area contributed by atoms with Gasteiger partial charge in [-0.2, -0.15) is 0 Å². The molecule has 0 unspecified atom stereocenters. The summed E-state index contributed by atoms with van der Waals surface area (Å²) in [6, 6.07) is 5.86. The van der Waals surface area contributed by atoms with Crippen LogP contribution in [-0.4, -0.2) is 49.0 Å². The fourth-order valence-electron chi connectivity index (χ4n) is 3.01. The van der Waals surface area contributed by atoms with Gasteiger partial charge in [0.1, 0.15) is 11.8 Å². The number of aliphatic hydroxyl groups excluding tert-OH is 1. The molecule has 0 aliphatic carbocycles. The van der Waals surface area contributed by atoms with Crippen molar-refractivity contribution in [2.45, 2.75) is 50.0 Å². The Morgan fingerprint density at radius 1 is 1.30 bits per heavy atom. The summed E-state index contributed by atoms with van der Waals surface area (Å²) in [6.07, 6.45) is 0.970. The van der Waals surface area contributed by atoms with Gasteiger partial charge in [0.2, 0.25) is 5.91 Å². The molecule has 0 bridgehead atoms. The topological polar surface area (TPSA) is 83.9 Å². The highest BCUT2D eigenvalue weighted by atomic mass is 32.2. The molecule has 23 heavy (non-hydrogen) atoms. The van der Waals surface area contributed by atoms with E-state index in [1.54, 1.807) is 37.8 Å². The van der Waals surface area contributed by atoms with Crippen LogP contribution >= 0.6 is 0 Å². The number of amides is 1. The maximum atomic E-state index is 12.2. The SMILES string of the molecule is CCC(=O)N1[C@H](CO)[C@@H](c2ccc(S(C)(=O)=O)cc2)OC1(C)C. The summed E-state index contributed by atoms with van der Waals surface area (Å²) in [5, 5.41) is 9.76. The first-order chi connectivity index (χ1) is 10.6. The number of nitrogens with zero attached hydrogens (tertiary/aromatic N) is 1. The third kappa shape index (κ3) is 3.41. The molecule has 128 valence electrons. The van der Waals surface area contributed by atoms with Crippen LogP contribution in [0.3, 0.4) is 0 Å². The van der Waals surface area contributed by atoms with E-state index >= 15 is 0 Å². The highest BCUT2D eigenvalue weighted by molar-refractivity contribution is 7.90. The molecule has 6 nitrogen and oxygen atoms in total. The van der Waals surface area contributed by atoms with E-state index < -0.39 is 27.7 Å². The van der Waals surface area contributed by atoms with Gasteiger partial charge in [-0.15, -0.1) is 0 Å². The minimum Gasteiger partial charge on any atom is -0.394 e. The van der Waals surface area contributed by atoms with Gasteiger partial charge in [-0.25, -0.2) is 8.42 Å². The summed E-state index contributed by atoms with van der Waals surface area (Å²) in [5.74, 6) is -0.0932. The van der Waals surface area contributed by atoms with Crippen molar-refractivity contribution in [1.82, 2.24) is 4.90 Å². The first-order valence-corrected chi connectivity index (χ1v) is 9.41. The van der Waals surface area contributed by atoms with Crippen LogP contribution in [0.4, 0.5) is 0 Å². The monoisotopic (exact) mass is 341 g/mol. The molecule has 1 amide bonds. The van der Waals surface area contributed by atoms with E-state index in [0.29, 0.717) is 6.42 Å². The number of sulfone groups is 1. The maximum absolute atomic E-state index is 12.2. The number of carbonyl (C=O) groups excluding carboxylic acids is 1.